The second kappa shape index (κ2) is 8.81. The zero-order valence-corrected chi connectivity index (χ0v) is 18.1. The number of nitro groups is 1. The highest BCUT2D eigenvalue weighted by atomic mass is 19.1. The van der Waals surface area contributed by atoms with E-state index in [9.17, 15) is 24.1 Å². The van der Waals surface area contributed by atoms with Gasteiger partial charge in [0.15, 0.2) is 0 Å². The molecule has 1 aliphatic rings. The second-order valence-electron chi connectivity index (χ2n) is 7.91. The molecule has 1 atom stereocenters. The van der Waals surface area contributed by atoms with Crippen molar-refractivity contribution in [2.24, 2.45) is 5.92 Å². The lowest BCUT2D eigenvalue weighted by atomic mass is 10.1. The SMILES string of the molecule is Cc1nn(-c2ccccc2)c(C)c1CNC(=O)C1CC(=O)N(c2ccc(F)c([N+](=O)[O-])c2)C1. The van der Waals surface area contributed by atoms with Crippen molar-refractivity contribution in [3.63, 3.8) is 0 Å². The van der Waals surface area contributed by atoms with Crippen LogP contribution < -0.4 is 10.2 Å². The van der Waals surface area contributed by atoms with Crippen LogP contribution in [0.4, 0.5) is 15.8 Å². The number of nitrogens with one attached hydrogen (secondary N) is 1. The molecule has 9 nitrogen and oxygen atoms in total. The van der Waals surface area contributed by atoms with Crippen molar-refractivity contribution in [1.29, 1.82) is 0 Å². The number of nitrogens with zero attached hydrogens (tertiary/aromatic N) is 4. The summed E-state index contributed by atoms with van der Waals surface area (Å²) in [6.45, 7) is 4.12. The van der Waals surface area contributed by atoms with E-state index in [1.165, 1.54) is 11.0 Å². The van der Waals surface area contributed by atoms with Crippen molar-refractivity contribution in [2.45, 2.75) is 26.8 Å². The van der Waals surface area contributed by atoms with E-state index in [1.807, 2.05) is 48.9 Å². The van der Waals surface area contributed by atoms with Gasteiger partial charge < -0.3 is 10.2 Å². The van der Waals surface area contributed by atoms with E-state index in [0.29, 0.717) is 0 Å². The number of nitro benzene ring substituents is 1. The van der Waals surface area contributed by atoms with E-state index >= 15 is 0 Å². The molecular weight excluding hydrogens is 429 g/mol. The molecule has 2 amide bonds. The number of carbonyl (C=O) groups is 2. The average molecular weight is 451 g/mol. The van der Waals surface area contributed by atoms with Gasteiger partial charge in [-0.15, -0.1) is 0 Å². The smallest absolute Gasteiger partial charge is 0.306 e. The van der Waals surface area contributed by atoms with Gasteiger partial charge in [-0.3, -0.25) is 19.7 Å². The van der Waals surface area contributed by atoms with Gasteiger partial charge in [-0.2, -0.15) is 9.49 Å². The molecule has 33 heavy (non-hydrogen) atoms. The molecule has 1 aromatic heterocycles. The van der Waals surface area contributed by atoms with Crippen LogP contribution in [0.15, 0.2) is 48.5 Å². The quantitative estimate of drug-likeness (QED) is 0.457. The number of aromatic nitrogens is 2. The minimum atomic E-state index is -0.980. The summed E-state index contributed by atoms with van der Waals surface area (Å²) >= 11 is 0. The first-order valence-corrected chi connectivity index (χ1v) is 10.4. The van der Waals surface area contributed by atoms with Gasteiger partial charge >= 0.3 is 5.69 Å². The van der Waals surface area contributed by atoms with Crippen LogP contribution in [0.2, 0.25) is 0 Å². The Morgan fingerprint density at radius 1 is 1.21 bits per heavy atom. The summed E-state index contributed by atoms with van der Waals surface area (Å²) in [5, 5.41) is 18.4. The summed E-state index contributed by atoms with van der Waals surface area (Å²) in [5.74, 6) is -2.24. The van der Waals surface area contributed by atoms with Crippen LogP contribution in [-0.4, -0.2) is 33.1 Å². The average Bonchev–Trinajstić information content (AvgIpc) is 3.32. The van der Waals surface area contributed by atoms with Crippen molar-refractivity contribution in [1.82, 2.24) is 15.1 Å². The summed E-state index contributed by atoms with van der Waals surface area (Å²) in [6.07, 6.45) is -0.0295. The minimum Gasteiger partial charge on any atom is -0.352 e. The predicted octanol–water partition coefficient (Wildman–Crippen LogP) is 3.21. The summed E-state index contributed by atoms with van der Waals surface area (Å²) in [7, 11) is 0. The number of carbonyl (C=O) groups excluding carboxylic acids is 2. The molecule has 1 unspecified atom stereocenters. The van der Waals surface area contributed by atoms with E-state index in [-0.39, 0.29) is 37.0 Å². The molecule has 170 valence electrons. The van der Waals surface area contributed by atoms with Crippen LogP contribution in [0, 0.1) is 35.7 Å². The second-order valence-corrected chi connectivity index (χ2v) is 7.91. The highest BCUT2D eigenvalue weighted by Gasteiger charge is 2.36. The Balaban J connectivity index is 1.45. The van der Waals surface area contributed by atoms with Gasteiger partial charge in [-0.05, 0) is 38.1 Å². The first-order valence-electron chi connectivity index (χ1n) is 10.4. The maximum absolute atomic E-state index is 13.6. The van der Waals surface area contributed by atoms with Crippen LogP contribution in [0.25, 0.3) is 5.69 Å². The molecule has 0 radical (unpaired) electrons. The summed E-state index contributed by atoms with van der Waals surface area (Å²) in [5.41, 5.74) is 2.98. The third kappa shape index (κ3) is 4.32. The van der Waals surface area contributed by atoms with E-state index in [1.54, 1.807) is 0 Å². The molecule has 3 aromatic rings. The largest absolute Gasteiger partial charge is 0.352 e. The van der Waals surface area contributed by atoms with Gasteiger partial charge in [0.05, 0.1) is 27.9 Å². The third-order valence-electron chi connectivity index (χ3n) is 5.82. The molecule has 1 fully saturated rings. The Bertz CT molecular complexity index is 1240. The first kappa shape index (κ1) is 22.1. The van der Waals surface area contributed by atoms with Gasteiger partial charge in [0, 0.05) is 36.8 Å². The number of hydrogen-bond acceptors (Lipinski definition) is 5. The van der Waals surface area contributed by atoms with E-state index < -0.39 is 22.3 Å². The molecule has 0 bridgehead atoms. The van der Waals surface area contributed by atoms with Gasteiger partial charge in [0.25, 0.3) is 0 Å². The van der Waals surface area contributed by atoms with Crippen LogP contribution in [0.3, 0.4) is 0 Å². The van der Waals surface area contributed by atoms with Crippen LogP contribution in [0.1, 0.15) is 23.4 Å². The Labute approximate surface area is 189 Å². The van der Waals surface area contributed by atoms with Crippen LogP contribution in [-0.2, 0) is 16.1 Å². The Kier molecular flexibility index (Phi) is 5.91. The fourth-order valence-electron chi connectivity index (χ4n) is 4.01. The van der Waals surface area contributed by atoms with Crippen molar-refractivity contribution in [3.05, 3.63) is 81.4 Å². The van der Waals surface area contributed by atoms with Crippen molar-refractivity contribution in [2.75, 3.05) is 11.4 Å². The van der Waals surface area contributed by atoms with Gasteiger partial charge in [0.1, 0.15) is 0 Å². The Hall–Kier alpha value is -4.08. The minimum absolute atomic E-state index is 0.0295. The molecular formula is C23H22FN5O4. The molecule has 1 N–H and O–H groups in total. The zero-order valence-electron chi connectivity index (χ0n) is 18.1. The summed E-state index contributed by atoms with van der Waals surface area (Å²) in [4.78, 5) is 36.7. The van der Waals surface area contributed by atoms with Crippen molar-refractivity contribution >= 4 is 23.2 Å². The number of rotatable bonds is 6. The first-order chi connectivity index (χ1) is 15.8. The molecule has 1 aliphatic heterocycles. The molecule has 4 rings (SSSR count). The standard InChI is InChI=1S/C23H22FN5O4/c1-14-19(15(2)28(26-14)17-6-4-3-5-7-17)12-25-23(31)16-10-22(30)27(13-16)18-8-9-20(24)21(11-18)29(32)33/h3-9,11,16H,10,12-13H2,1-2H3,(H,25,31). The van der Waals surface area contributed by atoms with E-state index in [4.69, 9.17) is 0 Å². The lowest BCUT2D eigenvalue weighted by Crippen LogP contribution is -2.32. The number of para-hydroxylation sites is 1. The molecule has 2 heterocycles. The highest BCUT2D eigenvalue weighted by molar-refractivity contribution is 6.00. The Morgan fingerprint density at radius 2 is 1.94 bits per heavy atom. The van der Waals surface area contributed by atoms with Gasteiger partial charge in [-0.1, -0.05) is 18.2 Å². The number of anilines is 1. The normalized spacial score (nSPS) is 15.7. The summed E-state index contributed by atoms with van der Waals surface area (Å²) in [6, 6.07) is 12.9. The van der Waals surface area contributed by atoms with Crippen molar-refractivity contribution < 1.29 is 18.9 Å². The third-order valence-corrected chi connectivity index (χ3v) is 5.82. The van der Waals surface area contributed by atoms with E-state index in [2.05, 4.69) is 10.4 Å². The van der Waals surface area contributed by atoms with Crippen LogP contribution in [0.5, 0.6) is 0 Å². The number of amides is 2. The molecule has 10 heteroatoms. The van der Waals surface area contributed by atoms with Gasteiger partial charge in [0.2, 0.25) is 17.6 Å². The maximum atomic E-state index is 13.6. The number of aryl methyl sites for hydroxylation is 1. The highest BCUT2D eigenvalue weighted by Crippen LogP contribution is 2.29. The fraction of sp³-hybridized carbons (Fsp3) is 0.261. The maximum Gasteiger partial charge on any atom is 0.306 e. The monoisotopic (exact) mass is 451 g/mol. The fourth-order valence-corrected chi connectivity index (χ4v) is 4.01. The van der Waals surface area contributed by atoms with Crippen LogP contribution >= 0.6 is 0 Å². The predicted molar refractivity (Wildman–Crippen MR) is 118 cm³/mol. The number of hydrogen-bond donors (Lipinski definition) is 1. The molecule has 0 saturated carbocycles. The van der Waals surface area contributed by atoms with Crippen molar-refractivity contribution in [3.8, 4) is 5.69 Å². The topological polar surface area (TPSA) is 110 Å². The lowest BCUT2D eigenvalue weighted by Gasteiger charge is -2.16. The molecule has 0 aliphatic carbocycles. The number of benzene rings is 2. The molecule has 2 aromatic carbocycles. The lowest BCUT2D eigenvalue weighted by molar-refractivity contribution is -0.387. The zero-order chi connectivity index (χ0) is 23.7. The van der Waals surface area contributed by atoms with Gasteiger partial charge in [-0.25, -0.2) is 4.68 Å². The molecule has 0 spiro atoms. The Morgan fingerprint density at radius 3 is 2.64 bits per heavy atom. The summed E-state index contributed by atoms with van der Waals surface area (Å²) < 4.78 is 15.4. The van der Waals surface area contributed by atoms with E-state index in [0.717, 1.165) is 34.8 Å². The molecule has 1 saturated heterocycles. The number of halogens is 1.